The summed E-state index contributed by atoms with van der Waals surface area (Å²) in [6.45, 7) is 6.05. The summed E-state index contributed by atoms with van der Waals surface area (Å²) >= 11 is 1.84. The summed E-state index contributed by atoms with van der Waals surface area (Å²) in [7, 11) is 0. The maximum absolute atomic E-state index is 5.26. The quantitative estimate of drug-likeness (QED) is 0.825. The number of rotatable bonds is 5. The van der Waals surface area contributed by atoms with Crippen molar-refractivity contribution in [2.75, 3.05) is 0 Å². The van der Waals surface area contributed by atoms with Crippen LogP contribution in [-0.2, 0) is 13.1 Å². The highest BCUT2D eigenvalue weighted by Gasteiger charge is 2.30. The van der Waals surface area contributed by atoms with Crippen molar-refractivity contribution < 1.29 is 4.52 Å². The van der Waals surface area contributed by atoms with Gasteiger partial charge in [-0.15, -0.1) is 11.3 Å². The first-order valence-electron chi connectivity index (χ1n) is 6.42. The van der Waals surface area contributed by atoms with Crippen LogP contribution in [0.4, 0.5) is 0 Å². The zero-order chi connectivity index (χ0) is 12.5. The average molecular weight is 262 g/mol. The molecule has 4 heteroatoms. The van der Waals surface area contributed by atoms with Crippen LogP contribution in [0.3, 0.4) is 0 Å². The molecule has 0 N–H and O–H groups in total. The van der Waals surface area contributed by atoms with Gasteiger partial charge in [0.1, 0.15) is 5.76 Å². The number of nitrogens with zero attached hydrogens (tertiary/aromatic N) is 2. The standard InChI is InChI=1S/C14H18N2OS/c1-10-14(11(2)17-15-10)9-16(12-5-6-12)8-13-4-3-7-18-13/h3-4,7,12H,5-6,8-9H2,1-2H3. The third-order valence-electron chi connectivity index (χ3n) is 3.54. The van der Waals surface area contributed by atoms with E-state index in [2.05, 4.69) is 27.6 Å². The Labute approximate surface area is 111 Å². The molecular weight excluding hydrogens is 244 g/mol. The minimum atomic E-state index is 0.751. The van der Waals surface area contributed by atoms with Crippen LogP contribution in [0.15, 0.2) is 22.0 Å². The van der Waals surface area contributed by atoms with Crippen LogP contribution in [0.2, 0.25) is 0 Å². The molecule has 18 heavy (non-hydrogen) atoms. The lowest BCUT2D eigenvalue weighted by atomic mass is 10.2. The van der Waals surface area contributed by atoms with Gasteiger partial charge in [-0.1, -0.05) is 11.2 Å². The van der Waals surface area contributed by atoms with Crippen LogP contribution in [0, 0.1) is 13.8 Å². The zero-order valence-electron chi connectivity index (χ0n) is 10.8. The number of hydrogen-bond acceptors (Lipinski definition) is 4. The van der Waals surface area contributed by atoms with Crippen molar-refractivity contribution >= 4 is 11.3 Å². The molecule has 3 nitrogen and oxygen atoms in total. The fourth-order valence-electron chi connectivity index (χ4n) is 2.29. The molecule has 1 fully saturated rings. The van der Waals surface area contributed by atoms with Gasteiger partial charge in [0, 0.05) is 29.6 Å². The van der Waals surface area contributed by atoms with Gasteiger partial charge in [-0.25, -0.2) is 0 Å². The molecule has 1 aliphatic rings. The Morgan fingerprint density at radius 1 is 1.39 bits per heavy atom. The van der Waals surface area contributed by atoms with Crippen molar-refractivity contribution in [1.82, 2.24) is 10.1 Å². The van der Waals surface area contributed by atoms with E-state index in [0.29, 0.717) is 0 Å². The van der Waals surface area contributed by atoms with Gasteiger partial charge >= 0.3 is 0 Å². The molecule has 0 aliphatic heterocycles. The van der Waals surface area contributed by atoms with Crippen molar-refractivity contribution in [3.05, 3.63) is 39.4 Å². The van der Waals surface area contributed by atoms with Gasteiger partial charge in [0.15, 0.2) is 0 Å². The largest absolute Gasteiger partial charge is 0.361 e. The highest BCUT2D eigenvalue weighted by atomic mass is 32.1. The van der Waals surface area contributed by atoms with E-state index in [0.717, 1.165) is 30.6 Å². The highest BCUT2D eigenvalue weighted by molar-refractivity contribution is 7.09. The maximum Gasteiger partial charge on any atom is 0.138 e. The van der Waals surface area contributed by atoms with Gasteiger partial charge in [0.25, 0.3) is 0 Å². The Morgan fingerprint density at radius 3 is 2.78 bits per heavy atom. The van der Waals surface area contributed by atoms with E-state index in [1.165, 1.54) is 23.3 Å². The Balaban J connectivity index is 1.74. The van der Waals surface area contributed by atoms with Crippen molar-refractivity contribution in [2.24, 2.45) is 0 Å². The smallest absolute Gasteiger partial charge is 0.138 e. The molecule has 3 rings (SSSR count). The van der Waals surface area contributed by atoms with Gasteiger partial charge in [-0.05, 0) is 38.1 Å². The van der Waals surface area contributed by atoms with Crippen molar-refractivity contribution in [3.63, 3.8) is 0 Å². The lowest BCUT2D eigenvalue weighted by Gasteiger charge is -2.21. The van der Waals surface area contributed by atoms with Crippen LogP contribution in [0.1, 0.15) is 34.7 Å². The van der Waals surface area contributed by atoms with E-state index in [9.17, 15) is 0 Å². The van der Waals surface area contributed by atoms with E-state index in [1.807, 2.05) is 25.2 Å². The topological polar surface area (TPSA) is 29.3 Å². The third kappa shape index (κ3) is 2.49. The summed E-state index contributed by atoms with van der Waals surface area (Å²) in [5.41, 5.74) is 2.29. The van der Waals surface area contributed by atoms with Gasteiger partial charge in [0.2, 0.25) is 0 Å². The average Bonchev–Trinajstić information content (AvgIpc) is 3.00. The van der Waals surface area contributed by atoms with Crippen LogP contribution >= 0.6 is 11.3 Å². The normalized spacial score (nSPS) is 15.5. The molecule has 0 amide bonds. The Morgan fingerprint density at radius 2 is 2.22 bits per heavy atom. The van der Waals surface area contributed by atoms with E-state index < -0.39 is 0 Å². The van der Waals surface area contributed by atoms with Crippen molar-refractivity contribution in [2.45, 2.75) is 45.8 Å². The van der Waals surface area contributed by atoms with Crippen LogP contribution in [0.5, 0.6) is 0 Å². The molecule has 0 spiro atoms. The van der Waals surface area contributed by atoms with E-state index in [-0.39, 0.29) is 0 Å². The highest BCUT2D eigenvalue weighted by Crippen LogP contribution is 2.31. The molecular formula is C14H18N2OS. The molecule has 2 heterocycles. The van der Waals surface area contributed by atoms with E-state index in [1.54, 1.807) is 0 Å². The first kappa shape index (κ1) is 11.9. The Bertz CT molecular complexity index is 494. The molecule has 1 aliphatic carbocycles. The molecule has 0 unspecified atom stereocenters. The first-order valence-corrected chi connectivity index (χ1v) is 7.30. The van der Waals surface area contributed by atoms with Gasteiger partial charge in [-0.2, -0.15) is 0 Å². The molecule has 96 valence electrons. The summed E-state index contributed by atoms with van der Waals surface area (Å²) < 4.78 is 5.26. The molecule has 1 saturated carbocycles. The van der Waals surface area contributed by atoms with Crippen LogP contribution in [-0.4, -0.2) is 16.1 Å². The van der Waals surface area contributed by atoms with Gasteiger partial charge in [0.05, 0.1) is 5.69 Å². The Hall–Kier alpha value is -1.13. The number of aromatic nitrogens is 1. The summed E-state index contributed by atoms with van der Waals surface area (Å²) in [6.07, 6.45) is 2.66. The lowest BCUT2D eigenvalue weighted by molar-refractivity contribution is 0.246. The maximum atomic E-state index is 5.26. The molecule has 0 radical (unpaired) electrons. The fourth-order valence-corrected chi connectivity index (χ4v) is 3.02. The fraction of sp³-hybridized carbons (Fsp3) is 0.500. The third-order valence-corrected chi connectivity index (χ3v) is 4.41. The van der Waals surface area contributed by atoms with E-state index >= 15 is 0 Å². The molecule has 0 saturated heterocycles. The second-order valence-electron chi connectivity index (χ2n) is 5.02. The summed E-state index contributed by atoms with van der Waals surface area (Å²) in [5.74, 6) is 0.962. The van der Waals surface area contributed by atoms with Gasteiger partial charge in [-0.3, -0.25) is 4.90 Å². The molecule has 2 aromatic rings. The Kier molecular flexibility index (Phi) is 3.22. The lowest BCUT2D eigenvalue weighted by Crippen LogP contribution is -2.25. The summed E-state index contributed by atoms with van der Waals surface area (Å²) in [6, 6.07) is 5.09. The SMILES string of the molecule is Cc1noc(C)c1CN(Cc1cccs1)C1CC1. The van der Waals surface area contributed by atoms with Crippen LogP contribution < -0.4 is 0 Å². The minimum absolute atomic E-state index is 0.751. The van der Waals surface area contributed by atoms with Crippen molar-refractivity contribution in [1.29, 1.82) is 0 Å². The monoisotopic (exact) mass is 262 g/mol. The molecule has 0 atom stereocenters. The number of aryl methyl sites for hydroxylation is 2. The second kappa shape index (κ2) is 4.86. The van der Waals surface area contributed by atoms with E-state index in [4.69, 9.17) is 4.52 Å². The van der Waals surface area contributed by atoms with Crippen molar-refractivity contribution in [3.8, 4) is 0 Å². The summed E-state index contributed by atoms with van der Waals surface area (Å²) in [4.78, 5) is 3.99. The second-order valence-corrected chi connectivity index (χ2v) is 6.05. The first-order chi connectivity index (χ1) is 8.74. The molecule has 0 bridgehead atoms. The minimum Gasteiger partial charge on any atom is -0.361 e. The van der Waals surface area contributed by atoms with Crippen LogP contribution in [0.25, 0.3) is 0 Å². The predicted octanol–water partition coefficient (Wildman–Crippen LogP) is 3.52. The molecule has 0 aromatic carbocycles. The summed E-state index contributed by atoms with van der Waals surface area (Å²) in [5, 5.41) is 6.20. The number of thiophene rings is 1. The molecule has 2 aromatic heterocycles. The predicted molar refractivity (Wildman–Crippen MR) is 72.6 cm³/mol. The zero-order valence-corrected chi connectivity index (χ0v) is 11.7. The number of hydrogen-bond donors (Lipinski definition) is 0. The van der Waals surface area contributed by atoms with Gasteiger partial charge < -0.3 is 4.52 Å².